The second-order valence-corrected chi connectivity index (χ2v) is 6.66. The maximum absolute atomic E-state index is 12.6. The van der Waals surface area contributed by atoms with Gasteiger partial charge in [0.2, 0.25) is 0 Å². The molecule has 1 saturated heterocycles. The summed E-state index contributed by atoms with van der Waals surface area (Å²) in [6.45, 7) is 5.67. The van der Waals surface area contributed by atoms with E-state index in [-0.39, 0.29) is 18.0 Å². The molecular weight excluding hydrogens is 353 g/mol. The fourth-order valence-corrected chi connectivity index (χ4v) is 2.95. The van der Waals surface area contributed by atoms with Crippen molar-refractivity contribution in [2.45, 2.75) is 19.9 Å². The van der Waals surface area contributed by atoms with E-state index < -0.39 is 0 Å². The molecular formula is C16H21Cl2N3O3. The Bertz CT molecular complexity index is 629. The molecule has 0 aromatic heterocycles. The van der Waals surface area contributed by atoms with Crippen molar-refractivity contribution in [1.82, 2.24) is 15.1 Å². The van der Waals surface area contributed by atoms with Gasteiger partial charge in [0, 0.05) is 38.3 Å². The zero-order valence-electron chi connectivity index (χ0n) is 13.9. The lowest BCUT2D eigenvalue weighted by atomic mass is 10.1. The van der Waals surface area contributed by atoms with Crippen molar-refractivity contribution in [2.75, 3.05) is 33.3 Å². The second-order valence-electron chi connectivity index (χ2n) is 5.85. The number of nitrogens with zero attached hydrogens (tertiary/aromatic N) is 2. The van der Waals surface area contributed by atoms with Gasteiger partial charge in [0.1, 0.15) is 5.75 Å². The van der Waals surface area contributed by atoms with Gasteiger partial charge in [0.15, 0.2) is 0 Å². The molecule has 0 radical (unpaired) electrons. The lowest BCUT2D eigenvalue weighted by Crippen LogP contribution is -2.54. The van der Waals surface area contributed by atoms with Crippen LogP contribution in [0.3, 0.4) is 0 Å². The molecule has 0 bridgehead atoms. The summed E-state index contributed by atoms with van der Waals surface area (Å²) in [5, 5.41) is 3.47. The molecule has 0 saturated carbocycles. The Kier molecular flexibility index (Phi) is 6.18. The highest BCUT2D eigenvalue weighted by Crippen LogP contribution is 2.31. The van der Waals surface area contributed by atoms with Crippen LogP contribution >= 0.6 is 23.2 Å². The first-order chi connectivity index (χ1) is 11.3. The van der Waals surface area contributed by atoms with E-state index in [4.69, 9.17) is 27.9 Å². The first-order valence-corrected chi connectivity index (χ1v) is 8.46. The summed E-state index contributed by atoms with van der Waals surface area (Å²) in [4.78, 5) is 28.0. The molecule has 1 aliphatic rings. The van der Waals surface area contributed by atoms with Crippen LogP contribution < -0.4 is 10.1 Å². The van der Waals surface area contributed by atoms with Crippen molar-refractivity contribution in [3.8, 4) is 5.75 Å². The Morgan fingerprint density at radius 1 is 1.08 bits per heavy atom. The maximum Gasteiger partial charge on any atom is 0.317 e. The molecule has 1 heterocycles. The van der Waals surface area contributed by atoms with E-state index in [0.29, 0.717) is 47.5 Å². The average Bonchev–Trinajstić information content (AvgIpc) is 2.55. The Morgan fingerprint density at radius 3 is 2.21 bits per heavy atom. The van der Waals surface area contributed by atoms with Gasteiger partial charge in [-0.25, -0.2) is 4.79 Å². The predicted octanol–water partition coefficient (Wildman–Crippen LogP) is 2.88. The predicted molar refractivity (Wildman–Crippen MR) is 94.2 cm³/mol. The molecule has 1 N–H and O–H groups in total. The zero-order valence-corrected chi connectivity index (χ0v) is 15.4. The van der Waals surface area contributed by atoms with Gasteiger partial charge < -0.3 is 19.9 Å². The molecule has 1 aromatic carbocycles. The van der Waals surface area contributed by atoms with E-state index in [2.05, 4.69) is 5.32 Å². The minimum absolute atomic E-state index is 0.0809. The van der Waals surface area contributed by atoms with Crippen molar-refractivity contribution in [2.24, 2.45) is 0 Å². The van der Waals surface area contributed by atoms with E-state index in [0.717, 1.165) is 0 Å². The molecule has 24 heavy (non-hydrogen) atoms. The third kappa shape index (κ3) is 4.24. The number of benzene rings is 1. The minimum Gasteiger partial charge on any atom is -0.495 e. The van der Waals surface area contributed by atoms with Gasteiger partial charge in [-0.15, -0.1) is 0 Å². The fraction of sp³-hybridized carbons (Fsp3) is 0.500. The SMILES string of the molecule is COc1cc(Cl)c(C(=O)N2CCN(C(=O)NC(C)C)CC2)cc1Cl. The normalized spacial score (nSPS) is 14.8. The summed E-state index contributed by atoms with van der Waals surface area (Å²) >= 11 is 12.3. The maximum atomic E-state index is 12.6. The lowest BCUT2D eigenvalue weighted by molar-refractivity contribution is 0.0664. The molecule has 2 rings (SSSR count). The lowest BCUT2D eigenvalue weighted by Gasteiger charge is -2.35. The molecule has 3 amide bonds. The summed E-state index contributed by atoms with van der Waals surface area (Å²) < 4.78 is 5.09. The number of piperazine rings is 1. The number of hydrogen-bond acceptors (Lipinski definition) is 3. The van der Waals surface area contributed by atoms with Crippen LogP contribution in [0.15, 0.2) is 12.1 Å². The van der Waals surface area contributed by atoms with E-state index in [1.54, 1.807) is 9.80 Å². The molecule has 0 atom stereocenters. The van der Waals surface area contributed by atoms with E-state index in [9.17, 15) is 9.59 Å². The van der Waals surface area contributed by atoms with Crippen LogP contribution in [0, 0.1) is 0 Å². The van der Waals surface area contributed by atoms with Gasteiger partial charge >= 0.3 is 6.03 Å². The van der Waals surface area contributed by atoms with Crippen LogP contribution in [0.5, 0.6) is 5.75 Å². The number of urea groups is 1. The summed E-state index contributed by atoms with van der Waals surface area (Å²) in [6.07, 6.45) is 0. The van der Waals surface area contributed by atoms with Gasteiger partial charge in [-0.1, -0.05) is 23.2 Å². The van der Waals surface area contributed by atoms with Crippen molar-refractivity contribution in [3.63, 3.8) is 0 Å². The number of carbonyl (C=O) groups is 2. The van der Waals surface area contributed by atoms with Gasteiger partial charge in [0.05, 0.1) is 22.7 Å². The van der Waals surface area contributed by atoms with Crippen molar-refractivity contribution >= 4 is 35.1 Å². The summed E-state index contributed by atoms with van der Waals surface area (Å²) in [6, 6.07) is 3.02. The second kappa shape index (κ2) is 7.94. The number of methoxy groups -OCH3 is 1. The average molecular weight is 374 g/mol. The molecule has 0 unspecified atom stereocenters. The van der Waals surface area contributed by atoms with Crippen LogP contribution in [0.25, 0.3) is 0 Å². The molecule has 1 fully saturated rings. The Balaban J connectivity index is 2.03. The first-order valence-electron chi connectivity index (χ1n) is 7.71. The number of nitrogens with one attached hydrogen (secondary N) is 1. The third-order valence-corrected chi connectivity index (χ3v) is 4.35. The third-order valence-electron chi connectivity index (χ3n) is 3.74. The molecule has 1 aliphatic heterocycles. The van der Waals surface area contributed by atoms with Crippen molar-refractivity contribution < 1.29 is 14.3 Å². The molecule has 132 valence electrons. The highest BCUT2D eigenvalue weighted by molar-refractivity contribution is 6.36. The molecule has 6 nitrogen and oxygen atoms in total. The summed E-state index contributed by atoms with van der Waals surface area (Å²) in [5.41, 5.74) is 0.336. The van der Waals surface area contributed by atoms with Gasteiger partial charge in [-0.2, -0.15) is 0 Å². The van der Waals surface area contributed by atoms with Crippen LogP contribution in [0.2, 0.25) is 10.0 Å². The standard InChI is InChI=1S/C16H21Cl2N3O3/c1-10(2)19-16(23)21-6-4-20(5-7-21)15(22)11-8-13(18)14(24-3)9-12(11)17/h8-10H,4-7H2,1-3H3,(H,19,23). The summed E-state index contributed by atoms with van der Waals surface area (Å²) in [7, 11) is 1.49. The molecule has 0 spiro atoms. The van der Waals surface area contributed by atoms with E-state index >= 15 is 0 Å². The van der Waals surface area contributed by atoms with Gasteiger partial charge in [-0.05, 0) is 19.9 Å². The smallest absolute Gasteiger partial charge is 0.317 e. The number of ether oxygens (including phenoxy) is 1. The fourth-order valence-electron chi connectivity index (χ4n) is 2.47. The number of halogens is 2. The first kappa shape index (κ1) is 18.7. The highest BCUT2D eigenvalue weighted by Gasteiger charge is 2.26. The number of amides is 3. The molecule has 0 aliphatic carbocycles. The number of rotatable bonds is 3. The van der Waals surface area contributed by atoms with Gasteiger partial charge in [-0.3, -0.25) is 4.79 Å². The van der Waals surface area contributed by atoms with E-state index in [1.165, 1.54) is 19.2 Å². The monoisotopic (exact) mass is 373 g/mol. The molecule has 8 heteroatoms. The number of hydrogen-bond donors (Lipinski definition) is 1. The minimum atomic E-state index is -0.200. The van der Waals surface area contributed by atoms with Crippen molar-refractivity contribution in [1.29, 1.82) is 0 Å². The zero-order chi connectivity index (χ0) is 17.9. The number of carbonyl (C=O) groups excluding carboxylic acids is 2. The van der Waals surface area contributed by atoms with Gasteiger partial charge in [0.25, 0.3) is 5.91 Å². The summed E-state index contributed by atoms with van der Waals surface area (Å²) in [5.74, 6) is 0.224. The van der Waals surface area contributed by atoms with Crippen molar-refractivity contribution in [3.05, 3.63) is 27.7 Å². The Hall–Kier alpha value is -1.66. The van der Waals surface area contributed by atoms with Crippen LogP contribution in [-0.2, 0) is 0 Å². The van der Waals surface area contributed by atoms with E-state index in [1.807, 2.05) is 13.8 Å². The highest BCUT2D eigenvalue weighted by atomic mass is 35.5. The van der Waals surface area contributed by atoms with Crippen LogP contribution in [0.1, 0.15) is 24.2 Å². The topological polar surface area (TPSA) is 61.9 Å². The largest absolute Gasteiger partial charge is 0.495 e. The molecule has 1 aromatic rings. The quantitative estimate of drug-likeness (QED) is 0.885. The Morgan fingerprint density at radius 2 is 1.67 bits per heavy atom. The van der Waals surface area contributed by atoms with Crippen LogP contribution in [0.4, 0.5) is 4.79 Å². The van der Waals surface area contributed by atoms with Crippen LogP contribution in [-0.4, -0.2) is 61.1 Å². The Labute approximate surface area is 151 Å².